The molecule has 1 fully saturated rings. The third kappa shape index (κ3) is 6.08. The Hall–Kier alpha value is -0.886. The molecule has 2 aromatic carbocycles. The molecule has 1 aliphatic rings. The third-order valence-corrected chi connectivity index (χ3v) is 3.84. The second-order valence-corrected chi connectivity index (χ2v) is 5.17. The van der Waals surface area contributed by atoms with Crippen molar-refractivity contribution in [3.05, 3.63) is 104 Å². The monoisotopic (exact) mass is 365 g/mol. The van der Waals surface area contributed by atoms with Crippen LogP contribution in [0.2, 0.25) is 0 Å². The van der Waals surface area contributed by atoms with Crippen molar-refractivity contribution < 1.29 is 16.5 Å². The van der Waals surface area contributed by atoms with E-state index >= 15 is 0 Å². The van der Waals surface area contributed by atoms with Gasteiger partial charge in [-0.25, -0.2) is 0 Å². The van der Waals surface area contributed by atoms with Crippen LogP contribution in [0.4, 0.5) is 0 Å². The van der Waals surface area contributed by atoms with E-state index in [0.29, 0.717) is 0 Å². The first-order valence-electron chi connectivity index (χ1n) is 6.65. The van der Waals surface area contributed by atoms with Crippen LogP contribution in [0.1, 0.15) is 11.1 Å². The van der Waals surface area contributed by atoms with Crippen LogP contribution in [0, 0.1) is 32.1 Å². The van der Waals surface area contributed by atoms with Crippen LogP contribution in [0.3, 0.4) is 0 Å². The van der Waals surface area contributed by atoms with E-state index in [1.54, 1.807) is 0 Å². The van der Waals surface area contributed by atoms with Crippen molar-refractivity contribution in [2.45, 2.75) is 0 Å². The zero-order valence-electron chi connectivity index (χ0n) is 11.8. The van der Waals surface area contributed by atoms with Crippen LogP contribution in [-0.4, -0.2) is 0 Å². The Morgan fingerprint density at radius 3 is 1.05 bits per heavy atom. The number of hydrogen-bond acceptors (Lipinski definition) is 2. The average Bonchev–Trinajstić information content (AvgIpc) is 3.15. The van der Waals surface area contributed by atoms with Crippen LogP contribution in [-0.2, 0) is 41.7 Å². The Kier molecular flexibility index (Phi) is 9.38. The number of benzene rings is 2. The van der Waals surface area contributed by atoms with Gasteiger partial charge in [-0.3, -0.25) is 0 Å². The van der Waals surface area contributed by atoms with Crippen molar-refractivity contribution >= 4 is 35.1 Å². The van der Waals surface area contributed by atoms with Crippen LogP contribution in [0.15, 0.2) is 60.7 Å². The van der Waals surface area contributed by atoms with Crippen LogP contribution >= 0.6 is 0 Å². The maximum Gasteiger partial charge on any atom is 3.00 e. The first kappa shape index (κ1) is 19.2. The van der Waals surface area contributed by atoms with E-state index in [-0.39, 0.29) is 16.5 Å². The first-order chi connectivity index (χ1) is 10.3. The largest absolute Gasteiger partial charge is 3.00 e. The zero-order valence-corrected chi connectivity index (χ0v) is 14.4. The Morgan fingerprint density at radius 2 is 0.773 bits per heavy atom. The maximum absolute atomic E-state index is 5.38. The first-order valence-corrected chi connectivity index (χ1v) is 7.46. The summed E-state index contributed by atoms with van der Waals surface area (Å²) in [7, 11) is 0. The van der Waals surface area contributed by atoms with Gasteiger partial charge in [-0.2, -0.15) is 9.81 Å². The van der Waals surface area contributed by atoms with Crippen molar-refractivity contribution in [1.82, 2.24) is 0 Å². The Bertz CT molecular complexity index is 505. The molecule has 3 rings (SSSR count). The molecule has 0 spiro atoms. The minimum absolute atomic E-state index is 0. The summed E-state index contributed by atoms with van der Waals surface area (Å²) in [6.07, 6.45) is 10.0. The standard InChI is InChI=1S/C14H12S2.C5H5.Ni/c15-13(11-7-3-1-4-8-11)14(16)12-9-5-2-6-10-12;1-2-4-5-3-1;/h1-10,15-16H;1-5H;/q;;+3/p-2/b14-13-;;. The van der Waals surface area contributed by atoms with Gasteiger partial charge in [-0.15, -0.1) is 0 Å². The van der Waals surface area contributed by atoms with E-state index in [9.17, 15) is 0 Å². The SMILES string of the molecule is [CH]1[CH][CH][CH][CH]1.[Ni+3].[S-]/C(=C(\[S-])c1ccccc1)c1ccccc1. The van der Waals surface area contributed by atoms with E-state index in [2.05, 4.69) is 0 Å². The molecule has 0 amide bonds. The molecule has 0 aromatic heterocycles. The fourth-order valence-corrected chi connectivity index (χ4v) is 2.27. The van der Waals surface area contributed by atoms with Gasteiger partial charge in [0, 0.05) is 0 Å². The van der Waals surface area contributed by atoms with Gasteiger partial charge in [0.15, 0.2) is 0 Å². The minimum atomic E-state index is 0. The summed E-state index contributed by atoms with van der Waals surface area (Å²) in [5, 5.41) is 0. The predicted molar refractivity (Wildman–Crippen MR) is 95.9 cm³/mol. The summed E-state index contributed by atoms with van der Waals surface area (Å²) in [6.45, 7) is 0. The normalized spacial score (nSPS) is 14.2. The van der Waals surface area contributed by atoms with Crippen LogP contribution in [0.5, 0.6) is 0 Å². The van der Waals surface area contributed by atoms with Crippen LogP contribution < -0.4 is 0 Å². The fraction of sp³-hybridized carbons (Fsp3) is 0. The maximum atomic E-state index is 5.38. The Balaban J connectivity index is 0.000000344. The molecule has 0 saturated heterocycles. The van der Waals surface area contributed by atoms with Gasteiger partial charge in [-0.05, 0) is 43.2 Å². The fourth-order valence-electron chi connectivity index (χ4n) is 1.76. The Labute approximate surface area is 155 Å². The molecule has 112 valence electrons. The van der Waals surface area contributed by atoms with E-state index < -0.39 is 0 Å². The third-order valence-electron chi connectivity index (χ3n) is 2.83. The summed E-state index contributed by atoms with van der Waals surface area (Å²) < 4.78 is 0. The molecule has 0 heterocycles. The molecule has 6 radical (unpaired) electrons. The van der Waals surface area contributed by atoms with Crippen LogP contribution in [0.25, 0.3) is 9.81 Å². The van der Waals surface area contributed by atoms with Gasteiger partial charge in [0.1, 0.15) is 0 Å². The molecule has 0 unspecified atom stereocenters. The summed E-state index contributed by atoms with van der Waals surface area (Å²) in [5.41, 5.74) is 2.01. The molecule has 1 aliphatic carbocycles. The molecule has 0 nitrogen and oxygen atoms in total. The minimum Gasteiger partial charge on any atom is -0.781 e. The van der Waals surface area contributed by atoms with Gasteiger partial charge in [0.05, 0.1) is 0 Å². The van der Waals surface area contributed by atoms with Gasteiger partial charge in [-0.1, -0.05) is 60.7 Å². The van der Waals surface area contributed by atoms with Crippen molar-refractivity contribution in [2.75, 3.05) is 0 Å². The van der Waals surface area contributed by atoms with Crippen molar-refractivity contribution in [2.24, 2.45) is 0 Å². The number of rotatable bonds is 2. The molecule has 3 heteroatoms. The van der Waals surface area contributed by atoms with Gasteiger partial charge < -0.3 is 25.3 Å². The molecule has 22 heavy (non-hydrogen) atoms. The molecule has 1 saturated carbocycles. The zero-order chi connectivity index (χ0) is 14.9. The molecular formula is C19H15NiS2+. The number of hydrogen-bond donors (Lipinski definition) is 0. The predicted octanol–water partition coefficient (Wildman–Crippen LogP) is 4.63. The second-order valence-electron chi connectivity index (χ2n) is 4.35. The van der Waals surface area contributed by atoms with Crippen molar-refractivity contribution in [1.29, 1.82) is 0 Å². The molecule has 0 N–H and O–H groups in total. The molecule has 0 bridgehead atoms. The van der Waals surface area contributed by atoms with E-state index in [1.807, 2.05) is 92.8 Å². The van der Waals surface area contributed by atoms with Gasteiger partial charge >= 0.3 is 16.5 Å². The molecule has 0 aliphatic heterocycles. The van der Waals surface area contributed by atoms with E-state index in [4.69, 9.17) is 25.3 Å². The van der Waals surface area contributed by atoms with E-state index in [1.165, 1.54) is 0 Å². The molecular weight excluding hydrogens is 351 g/mol. The topological polar surface area (TPSA) is 0 Å². The summed E-state index contributed by atoms with van der Waals surface area (Å²) in [6, 6.07) is 19.7. The second kappa shape index (κ2) is 10.8. The molecule has 2 aromatic rings. The summed E-state index contributed by atoms with van der Waals surface area (Å²) in [4.78, 5) is 1.48. The van der Waals surface area contributed by atoms with Gasteiger partial charge in [0.25, 0.3) is 0 Å². The molecule has 0 atom stereocenters. The quantitative estimate of drug-likeness (QED) is 0.432. The van der Waals surface area contributed by atoms with Gasteiger partial charge in [0.2, 0.25) is 0 Å². The average molecular weight is 366 g/mol. The van der Waals surface area contributed by atoms with Crippen molar-refractivity contribution in [3.8, 4) is 0 Å². The summed E-state index contributed by atoms with van der Waals surface area (Å²) >= 11 is 10.8. The van der Waals surface area contributed by atoms with E-state index in [0.717, 1.165) is 20.9 Å². The Morgan fingerprint density at radius 1 is 0.500 bits per heavy atom. The summed E-state index contributed by atoms with van der Waals surface area (Å²) in [5.74, 6) is 0. The van der Waals surface area contributed by atoms with Crippen molar-refractivity contribution in [3.63, 3.8) is 0 Å². The smallest absolute Gasteiger partial charge is 0.781 e.